The fourth-order valence-electron chi connectivity index (χ4n) is 1.09. The van der Waals surface area contributed by atoms with E-state index in [-0.39, 0.29) is 5.97 Å². The summed E-state index contributed by atoms with van der Waals surface area (Å²) < 4.78 is 4.73. The van der Waals surface area contributed by atoms with Crippen molar-refractivity contribution in [3.8, 4) is 0 Å². The molecule has 0 saturated carbocycles. The molecule has 0 fully saturated rings. The Balaban J connectivity index is 2.24. The lowest BCUT2D eigenvalue weighted by molar-refractivity contribution is -0.137. The minimum Gasteiger partial charge on any atom is -0.463 e. The van der Waals surface area contributed by atoms with Crippen LogP contribution in [0.5, 0.6) is 0 Å². The van der Waals surface area contributed by atoms with E-state index in [4.69, 9.17) is 4.74 Å². The van der Waals surface area contributed by atoms with Crippen molar-refractivity contribution in [1.29, 1.82) is 0 Å². The van der Waals surface area contributed by atoms with Gasteiger partial charge in [0.15, 0.2) is 0 Å². The third-order valence-electron chi connectivity index (χ3n) is 1.77. The normalized spacial score (nSPS) is 10.2. The maximum absolute atomic E-state index is 10.9. The second-order valence-corrected chi connectivity index (χ2v) is 2.95. The molecule has 0 spiro atoms. The fourth-order valence-corrected chi connectivity index (χ4v) is 1.09. The SMILES string of the molecule is CCOC(=O)C=CNCc1ccccc1. The highest BCUT2D eigenvalue weighted by molar-refractivity contribution is 5.81. The van der Waals surface area contributed by atoms with E-state index in [1.807, 2.05) is 30.3 Å². The highest BCUT2D eigenvalue weighted by Crippen LogP contribution is 1.96. The average molecular weight is 205 g/mol. The Labute approximate surface area is 89.8 Å². The van der Waals surface area contributed by atoms with E-state index in [0.717, 1.165) is 0 Å². The van der Waals surface area contributed by atoms with E-state index in [1.165, 1.54) is 11.6 Å². The van der Waals surface area contributed by atoms with Gasteiger partial charge >= 0.3 is 5.97 Å². The van der Waals surface area contributed by atoms with Crippen LogP contribution in [0.3, 0.4) is 0 Å². The molecule has 3 nitrogen and oxygen atoms in total. The Morgan fingerprint density at radius 2 is 2.13 bits per heavy atom. The first-order chi connectivity index (χ1) is 7.33. The molecular formula is C12H15NO2. The Kier molecular flexibility index (Phi) is 5.01. The van der Waals surface area contributed by atoms with Crippen LogP contribution in [-0.2, 0) is 16.1 Å². The molecule has 80 valence electrons. The van der Waals surface area contributed by atoms with Gasteiger partial charge in [0.25, 0.3) is 0 Å². The Morgan fingerprint density at radius 1 is 1.40 bits per heavy atom. The van der Waals surface area contributed by atoms with Crippen molar-refractivity contribution in [2.24, 2.45) is 0 Å². The summed E-state index contributed by atoms with van der Waals surface area (Å²) in [6, 6.07) is 9.96. The molecule has 0 heterocycles. The Hall–Kier alpha value is -1.77. The third-order valence-corrected chi connectivity index (χ3v) is 1.77. The minimum absolute atomic E-state index is 0.321. The predicted octanol–water partition coefficient (Wildman–Crippen LogP) is 1.85. The molecule has 1 N–H and O–H groups in total. The van der Waals surface area contributed by atoms with Gasteiger partial charge in [-0.05, 0) is 12.5 Å². The van der Waals surface area contributed by atoms with E-state index in [0.29, 0.717) is 13.2 Å². The molecule has 0 aliphatic rings. The molecule has 1 aromatic carbocycles. The molecule has 0 saturated heterocycles. The number of hydrogen-bond donors (Lipinski definition) is 1. The van der Waals surface area contributed by atoms with Crippen LogP contribution in [-0.4, -0.2) is 12.6 Å². The molecule has 0 aliphatic heterocycles. The number of rotatable bonds is 5. The number of nitrogens with one attached hydrogen (secondary N) is 1. The van der Waals surface area contributed by atoms with Crippen molar-refractivity contribution in [3.63, 3.8) is 0 Å². The summed E-state index contributed by atoms with van der Waals surface area (Å²) in [6.07, 6.45) is 2.98. The van der Waals surface area contributed by atoms with E-state index >= 15 is 0 Å². The molecule has 15 heavy (non-hydrogen) atoms. The molecule has 0 atom stereocenters. The lowest BCUT2D eigenvalue weighted by atomic mass is 10.2. The van der Waals surface area contributed by atoms with Gasteiger partial charge in [0.05, 0.1) is 6.61 Å². The van der Waals surface area contributed by atoms with Crippen LogP contribution in [0.4, 0.5) is 0 Å². The van der Waals surface area contributed by atoms with Gasteiger partial charge in [0.2, 0.25) is 0 Å². The standard InChI is InChI=1S/C12H15NO2/c1-2-15-12(14)8-9-13-10-11-6-4-3-5-7-11/h3-9,13H,2,10H2,1H3. The molecule has 1 aromatic rings. The number of esters is 1. The quantitative estimate of drug-likeness (QED) is 0.589. The van der Waals surface area contributed by atoms with Crippen molar-refractivity contribution < 1.29 is 9.53 Å². The van der Waals surface area contributed by atoms with E-state index in [1.54, 1.807) is 13.1 Å². The van der Waals surface area contributed by atoms with Gasteiger partial charge in [-0.25, -0.2) is 4.79 Å². The zero-order valence-electron chi connectivity index (χ0n) is 8.77. The van der Waals surface area contributed by atoms with Gasteiger partial charge < -0.3 is 10.1 Å². The van der Waals surface area contributed by atoms with Gasteiger partial charge in [-0.2, -0.15) is 0 Å². The average Bonchev–Trinajstić information content (AvgIpc) is 2.26. The highest BCUT2D eigenvalue weighted by atomic mass is 16.5. The largest absolute Gasteiger partial charge is 0.463 e. The summed E-state index contributed by atoms with van der Waals surface area (Å²) in [5, 5.41) is 3.01. The van der Waals surface area contributed by atoms with Crippen LogP contribution in [0.2, 0.25) is 0 Å². The zero-order chi connectivity index (χ0) is 10.9. The van der Waals surface area contributed by atoms with Crippen molar-refractivity contribution in [3.05, 3.63) is 48.2 Å². The molecular weight excluding hydrogens is 190 g/mol. The van der Waals surface area contributed by atoms with Crippen molar-refractivity contribution >= 4 is 5.97 Å². The molecule has 3 heteroatoms. The van der Waals surface area contributed by atoms with E-state index in [2.05, 4.69) is 5.32 Å². The third kappa shape index (κ3) is 4.86. The van der Waals surface area contributed by atoms with Gasteiger partial charge in [0, 0.05) is 18.8 Å². The Bertz CT molecular complexity index is 320. The molecule has 0 amide bonds. The second kappa shape index (κ2) is 6.65. The summed E-state index contributed by atoms with van der Waals surface area (Å²) in [5.74, 6) is -0.321. The highest BCUT2D eigenvalue weighted by Gasteiger charge is 1.92. The molecule has 0 aromatic heterocycles. The maximum atomic E-state index is 10.9. The second-order valence-electron chi connectivity index (χ2n) is 2.95. The maximum Gasteiger partial charge on any atom is 0.332 e. The number of ether oxygens (including phenoxy) is 1. The number of carbonyl (C=O) groups excluding carboxylic acids is 1. The lowest BCUT2D eigenvalue weighted by Gasteiger charge is -2.00. The topological polar surface area (TPSA) is 38.3 Å². The van der Waals surface area contributed by atoms with E-state index < -0.39 is 0 Å². The smallest absolute Gasteiger partial charge is 0.332 e. The van der Waals surface area contributed by atoms with Crippen LogP contribution in [0.15, 0.2) is 42.6 Å². The van der Waals surface area contributed by atoms with Crippen molar-refractivity contribution in [2.45, 2.75) is 13.5 Å². The Morgan fingerprint density at radius 3 is 2.80 bits per heavy atom. The number of hydrogen-bond acceptors (Lipinski definition) is 3. The summed E-state index contributed by atoms with van der Waals surface area (Å²) in [4.78, 5) is 10.9. The van der Waals surface area contributed by atoms with Crippen molar-refractivity contribution in [1.82, 2.24) is 5.32 Å². The first-order valence-corrected chi connectivity index (χ1v) is 4.93. The molecule has 0 radical (unpaired) electrons. The van der Waals surface area contributed by atoms with Gasteiger partial charge in [-0.1, -0.05) is 30.3 Å². The number of carbonyl (C=O) groups is 1. The summed E-state index contributed by atoms with van der Waals surface area (Å²) in [7, 11) is 0. The molecule has 0 bridgehead atoms. The first kappa shape index (κ1) is 11.3. The molecule has 0 aliphatic carbocycles. The monoisotopic (exact) mass is 205 g/mol. The fraction of sp³-hybridized carbons (Fsp3) is 0.250. The van der Waals surface area contributed by atoms with Gasteiger partial charge in [-0.15, -0.1) is 0 Å². The predicted molar refractivity (Wildman–Crippen MR) is 59.1 cm³/mol. The van der Waals surface area contributed by atoms with Crippen LogP contribution < -0.4 is 5.32 Å². The van der Waals surface area contributed by atoms with Gasteiger partial charge in [0.1, 0.15) is 0 Å². The lowest BCUT2D eigenvalue weighted by Crippen LogP contribution is -2.06. The van der Waals surface area contributed by atoms with Crippen LogP contribution in [0.25, 0.3) is 0 Å². The first-order valence-electron chi connectivity index (χ1n) is 4.93. The van der Waals surface area contributed by atoms with E-state index in [9.17, 15) is 4.79 Å². The summed E-state index contributed by atoms with van der Waals surface area (Å²) in [6.45, 7) is 2.89. The summed E-state index contributed by atoms with van der Waals surface area (Å²) in [5.41, 5.74) is 1.17. The number of benzene rings is 1. The molecule has 1 rings (SSSR count). The van der Waals surface area contributed by atoms with Crippen LogP contribution >= 0.6 is 0 Å². The van der Waals surface area contributed by atoms with Crippen LogP contribution in [0.1, 0.15) is 12.5 Å². The van der Waals surface area contributed by atoms with Crippen LogP contribution in [0, 0.1) is 0 Å². The van der Waals surface area contributed by atoms with Gasteiger partial charge in [-0.3, -0.25) is 0 Å². The zero-order valence-corrected chi connectivity index (χ0v) is 8.77. The minimum atomic E-state index is -0.321. The molecule has 0 unspecified atom stereocenters. The summed E-state index contributed by atoms with van der Waals surface area (Å²) >= 11 is 0. The van der Waals surface area contributed by atoms with Crippen molar-refractivity contribution in [2.75, 3.05) is 6.61 Å².